The Morgan fingerprint density at radius 2 is 2.23 bits per heavy atom. The average Bonchev–Trinajstić information content (AvgIpc) is 3.09. The Labute approximate surface area is 128 Å². The van der Waals surface area contributed by atoms with Crippen LogP contribution in [0.4, 0.5) is 0 Å². The number of Topliss-reactive ketones (excluding diaryl/α,β-unsaturated/α-hetero) is 1. The first-order valence-corrected chi connectivity index (χ1v) is 7.52. The minimum absolute atomic E-state index is 0.0356. The lowest BCUT2D eigenvalue weighted by atomic mass is 9.84. The number of carbonyl (C=O) groups excluding carboxylic acids is 1. The summed E-state index contributed by atoms with van der Waals surface area (Å²) in [5.41, 5.74) is 3.48. The molecule has 0 bridgehead atoms. The number of likely N-dealkylation sites (tertiary alicyclic amines) is 1. The molecule has 0 radical (unpaired) electrons. The molecular formula is C17H16N4O. The average molecular weight is 292 g/mol. The molecule has 2 aliphatic heterocycles. The second-order valence-electron chi connectivity index (χ2n) is 5.95. The predicted octanol–water partition coefficient (Wildman–Crippen LogP) is 1.87. The Morgan fingerprint density at radius 1 is 1.36 bits per heavy atom. The first-order chi connectivity index (χ1) is 10.8. The van der Waals surface area contributed by atoms with Crippen LogP contribution in [0, 0.1) is 17.2 Å². The standard InChI is InChI=1S/C17H16N4O/c18-6-8-20-7-5-14(16(22)10-20)17-13-4-2-1-3-12(13)15-9-19-11-21(15)17/h1-4,9,11,14,17H,5,7-8,10H2/t14-,17-/m1/s1. The predicted molar refractivity (Wildman–Crippen MR) is 81.0 cm³/mol. The number of nitrogens with zero attached hydrogens (tertiary/aromatic N) is 4. The van der Waals surface area contributed by atoms with Gasteiger partial charge in [0.15, 0.2) is 5.78 Å². The minimum atomic E-state index is -0.0356. The molecule has 0 aliphatic carbocycles. The van der Waals surface area contributed by atoms with E-state index in [4.69, 9.17) is 5.26 Å². The molecule has 22 heavy (non-hydrogen) atoms. The number of carbonyl (C=O) groups is 1. The Balaban J connectivity index is 1.69. The van der Waals surface area contributed by atoms with E-state index in [0.717, 1.165) is 18.7 Å². The summed E-state index contributed by atoms with van der Waals surface area (Å²) >= 11 is 0. The van der Waals surface area contributed by atoms with Crippen molar-refractivity contribution in [1.82, 2.24) is 14.5 Å². The molecule has 3 heterocycles. The zero-order valence-corrected chi connectivity index (χ0v) is 12.1. The molecule has 5 nitrogen and oxygen atoms in total. The Kier molecular flexibility index (Phi) is 3.05. The summed E-state index contributed by atoms with van der Waals surface area (Å²) < 4.78 is 2.13. The van der Waals surface area contributed by atoms with Crippen molar-refractivity contribution in [2.75, 3.05) is 19.6 Å². The molecule has 1 aromatic heterocycles. The molecule has 2 atom stereocenters. The maximum absolute atomic E-state index is 12.6. The molecular weight excluding hydrogens is 276 g/mol. The van der Waals surface area contributed by atoms with E-state index in [9.17, 15) is 4.79 Å². The van der Waals surface area contributed by atoms with E-state index in [1.807, 2.05) is 29.6 Å². The van der Waals surface area contributed by atoms with Gasteiger partial charge in [-0.15, -0.1) is 0 Å². The summed E-state index contributed by atoms with van der Waals surface area (Å²) in [5, 5.41) is 8.80. The van der Waals surface area contributed by atoms with Gasteiger partial charge >= 0.3 is 0 Å². The molecule has 110 valence electrons. The van der Waals surface area contributed by atoms with Crippen molar-refractivity contribution < 1.29 is 4.79 Å². The summed E-state index contributed by atoms with van der Waals surface area (Å²) in [6.45, 7) is 1.50. The third kappa shape index (κ3) is 1.88. The maximum Gasteiger partial charge on any atom is 0.152 e. The molecule has 0 N–H and O–H groups in total. The molecule has 0 spiro atoms. The van der Waals surface area contributed by atoms with Crippen LogP contribution >= 0.6 is 0 Å². The second-order valence-corrected chi connectivity index (χ2v) is 5.95. The fourth-order valence-electron chi connectivity index (χ4n) is 3.75. The van der Waals surface area contributed by atoms with Gasteiger partial charge in [0.2, 0.25) is 0 Å². The van der Waals surface area contributed by atoms with Crippen molar-refractivity contribution in [3.05, 3.63) is 42.4 Å². The maximum atomic E-state index is 12.6. The van der Waals surface area contributed by atoms with Crippen molar-refractivity contribution in [3.8, 4) is 17.3 Å². The van der Waals surface area contributed by atoms with Crippen molar-refractivity contribution in [3.63, 3.8) is 0 Å². The highest BCUT2D eigenvalue weighted by atomic mass is 16.1. The molecule has 5 heteroatoms. The van der Waals surface area contributed by atoms with Crippen LogP contribution in [-0.4, -0.2) is 39.9 Å². The van der Waals surface area contributed by atoms with E-state index in [-0.39, 0.29) is 17.7 Å². The summed E-state index contributed by atoms with van der Waals surface area (Å²) in [5.74, 6) is 0.189. The van der Waals surface area contributed by atoms with Gasteiger partial charge in [0.05, 0.1) is 43.4 Å². The molecule has 4 rings (SSSR count). The molecule has 2 aromatic rings. The van der Waals surface area contributed by atoms with Crippen molar-refractivity contribution in [2.45, 2.75) is 12.5 Å². The highest BCUT2D eigenvalue weighted by Gasteiger charge is 2.39. The molecule has 0 saturated carbocycles. The number of imidazole rings is 1. The van der Waals surface area contributed by atoms with Crippen LogP contribution in [0.25, 0.3) is 11.3 Å². The fourth-order valence-corrected chi connectivity index (χ4v) is 3.75. The highest BCUT2D eigenvalue weighted by molar-refractivity contribution is 5.86. The number of rotatable bonds is 2. The smallest absolute Gasteiger partial charge is 0.152 e. The number of nitriles is 1. The number of benzene rings is 1. The number of aromatic nitrogens is 2. The van der Waals surface area contributed by atoms with Gasteiger partial charge in [0, 0.05) is 18.0 Å². The summed E-state index contributed by atoms with van der Waals surface area (Å²) in [6, 6.07) is 10.4. The van der Waals surface area contributed by atoms with Crippen LogP contribution in [-0.2, 0) is 4.79 Å². The van der Waals surface area contributed by atoms with Gasteiger partial charge in [-0.3, -0.25) is 9.69 Å². The minimum Gasteiger partial charge on any atom is -0.322 e. The molecule has 0 unspecified atom stereocenters. The van der Waals surface area contributed by atoms with Gasteiger partial charge < -0.3 is 4.57 Å². The van der Waals surface area contributed by atoms with Crippen LogP contribution in [0.1, 0.15) is 18.0 Å². The number of ketones is 1. The Hall–Kier alpha value is -2.45. The van der Waals surface area contributed by atoms with Gasteiger partial charge in [-0.2, -0.15) is 5.26 Å². The van der Waals surface area contributed by atoms with Gasteiger partial charge in [0.25, 0.3) is 0 Å². The normalized spacial score (nSPS) is 23.9. The highest BCUT2D eigenvalue weighted by Crippen LogP contribution is 2.44. The molecule has 2 aliphatic rings. The van der Waals surface area contributed by atoms with Crippen LogP contribution in [0.2, 0.25) is 0 Å². The van der Waals surface area contributed by atoms with Crippen LogP contribution in [0.5, 0.6) is 0 Å². The van der Waals surface area contributed by atoms with Crippen molar-refractivity contribution >= 4 is 5.78 Å². The van der Waals surface area contributed by atoms with E-state index >= 15 is 0 Å². The van der Waals surface area contributed by atoms with E-state index in [0.29, 0.717) is 13.1 Å². The topological polar surface area (TPSA) is 61.9 Å². The number of piperidine rings is 1. The Bertz CT molecular complexity index is 773. The van der Waals surface area contributed by atoms with Crippen LogP contribution in [0.3, 0.4) is 0 Å². The fraction of sp³-hybridized carbons (Fsp3) is 0.353. The van der Waals surface area contributed by atoms with Gasteiger partial charge in [-0.1, -0.05) is 24.3 Å². The molecule has 1 saturated heterocycles. The van der Waals surface area contributed by atoms with Gasteiger partial charge in [-0.05, 0) is 12.0 Å². The monoisotopic (exact) mass is 292 g/mol. The lowest BCUT2D eigenvalue weighted by molar-refractivity contribution is -0.127. The molecule has 1 aromatic carbocycles. The number of fused-ring (bicyclic) bond motifs is 3. The lowest BCUT2D eigenvalue weighted by Crippen LogP contribution is -2.43. The Morgan fingerprint density at radius 3 is 3.05 bits per heavy atom. The lowest BCUT2D eigenvalue weighted by Gasteiger charge is -2.33. The first-order valence-electron chi connectivity index (χ1n) is 7.52. The number of hydrogen-bond donors (Lipinski definition) is 0. The molecule has 1 fully saturated rings. The van der Waals surface area contributed by atoms with Crippen LogP contribution < -0.4 is 0 Å². The summed E-state index contributed by atoms with van der Waals surface area (Å²) in [4.78, 5) is 18.8. The van der Waals surface area contributed by atoms with Crippen LogP contribution in [0.15, 0.2) is 36.8 Å². The zero-order valence-electron chi connectivity index (χ0n) is 12.1. The third-order valence-corrected chi connectivity index (χ3v) is 4.75. The van der Waals surface area contributed by atoms with E-state index in [1.165, 1.54) is 11.1 Å². The van der Waals surface area contributed by atoms with Crippen molar-refractivity contribution in [1.29, 1.82) is 5.26 Å². The summed E-state index contributed by atoms with van der Waals surface area (Å²) in [7, 11) is 0. The quantitative estimate of drug-likeness (QED) is 0.793. The SMILES string of the molecule is N#CCN1CC[C@@H]([C@H]2c3ccccc3-c3cncn32)C(=O)C1. The van der Waals surface area contributed by atoms with E-state index in [2.05, 4.69) is 27.8 Å². The molecule has 0 amide bonds. The van der Waals surface area contributed by atoms with E-state index in [1.54, 1.807) is 0 Å². The zero-order chi connectivity index (χ0) is 15.1. The number of hydrogen-bond acceptors (Lipinski definition) is 4. The first kappa shape index (κ1) is 13.2. The van der Waals surface area contributed by atoms with Gasteiger partial charge in [-0.25, -0.2) is 4.98 Å². The second kappa shape index (κ2) is 5.08. The summed E-state index contributed by atoms with van der Waals surface area (Å²) in [6.07, 6.45) is 4.49. The van der Waals surface area contributed by atoms with E-state index < -0.39 is 0 Å². The van der Waals surface area contributed by atoms with Gasteiger partial charge in [0.1, 0.15) is 0 Å². The largest absolute Gasteiger partial charge is 0.322 e. The third-order valence-electron chi connectivity index (χ3n) is 4.75. The van der Waals surface area contributed by atoms with Crippen molar-refractivity contribution in [2.24, 2.45) is 5.92 Å².